The first-order chi connectivity index (χ1) is 12.1. The molecule has 1 amide bonds. The Bertz CT molecular complexity index is 883. The van der Waals surface area contributed by atoms with E-state index in [2.05, 4.69) is 5.32 Å². The lowest BCUT2D eigenvalue weighted by Gasteiger charge is -2.11. The SMILES string of the molecule is Cc1ccc(CC(=O)Nc2ccccc2C(=O)c2ccccc2)cc1. The zero-order chi connectivity index (χ0) is 17.6. The number of carbonyl (C=O) groups excluding carboxylic acids is 2. The Morgan fingerprint density at radius 1 is 0.800 bits per heavy atom. The van der Waals surface area contributed by atoms with Crippen LogP contribution in [0.5, 0.6) is 0 Å². The number of hydrogen-bond donors (Lipinski definition) is 1. The van der Waals surface area contributed by atoms with Crippen LogP contribution in [-0.4, -0.2) is 11.7 Å². The van der Waals surface area contributed by atoms with E-state index >= 15 is 0 Å². The number of para-hydroxylation sites is 1. The summed E-state index contributed by atoms with van der Waals surface area (Å²) in [5.41, 5.74) is 3.72. The van der Waals surface area contributed by atoms with Gasteiger partial charge in [-0.1, -0.05) is 72.3 Å². The van der Waals surface area contributed by atoms with Gasteiger partial charge in [0.15, 0.2) is 5.78 Å². The lowest BCUT2D eigenvalue weighted by molar-refractivity contribution is -0.115. The summed E-state index contributed by atoms with van der Waals surface area (Å²) in [5.74, 6) is -0.246. The highest BCUT2D eigenvalue weighted by Crippen LogP contribution is 2.19. The number of anilines is 1. The third-order valence-corrected chi connectivity index (χ3v) is 3.97. The van der Waals surface area contributed by atoms with Gasteiger partial charge in [0.25, 0.3) is 0 Å². The average molecular weight is 329 g/mol. The predicted octanol–water partition coefficient (Wildman–Crippen LogP) is 4.41. The summed E-state index contributed by atoms with van der Waals surface area (Å²) in [6.45, 7) is 2.01. The molecule has 3 nitrogen and oxygen atoms in total. The molecule has 1 N–H and O–H groups in total. The van der Waals surface area contributed by atoms with Crippen molar-refractivity contribution >= 4 is 17.4 Å². The summed E-state index contributed by atoms with van der Waals surface area (Å²) in [4.78, 5) is 25.0. The largest absolute Gasteiger partial charge is 0.325 e. The molecule has 0 aliphatic carbocycles. The van der Waals surface area contributed by atoms with E-state index in [0.717, 1.165) is 11.1 Å². The molecule has 0 aromatic heterocycles. The second-order valence-corrected chi connectivity index (χ2v) is 5.95. The van der Waals surface area contributed by atoms with Gasteiger partial charge in [0.1, 0.15) is 0 Å². The molecule has 0 bridgehead atoms. The molecule has 0 spiro atoms. The Kier molecular flexibility index (Phi) is 5.05. The summed E-state index contributed by atoms with van der Waals surface area (Å²) >= 11 is 0. The number of benzene rings is 3. The van der Waals surface area contributed by atoms with Crippen molar-refractivity contribution in [2.45, 2.75) is 13.3 Å². The molecule has 0 saturated heterocycles. The van der Waals surface area contributed by atoms with Gasteiger partial charge >= 0.3 is 0 Å². The maximum Gasteiger partial charge on any atom is 0.228 e. The second kappa shape index (κ2) is 7.58. The molecular formula is C22H19NO2. The van der Waals surface area contributed by atoms with Crippen molar-refractivity contribution in [2.24, 2.45) is 0 Å². The molecule has 0 saturated carbocycles. The monoisotopic (exact) mass is 329 g/mol. The fraction of sp³-hybridized carbons (Fsp3) is 0.0909. The van der Waals surface area contributed by atoms with Crippen molar-refractivity contribution < 1.29 is 9.59 Å². The van der Waals surface area contributed by atoms with Crippen molar-refractivity contribution in [1.29, 1.82) is 0 Å². The highest BCUT2D eigenvalue weighted by atomic mass is 16.1. The van der Waals surface area contributed by atoms with Crippen LogP contribution in [0.1, 0.15) is 27.0 Å². The molecule has 3 aromatic rings. The number of hydrogen-bond acceptors (Lipinski definition) is 2. The zero-order valence-corrected chi connectivity index (χ0v) is 14.0. The van der Waals surface area contributed by atoms with E-state index in [9.17, 15) is 9.59 Å². The molecular weight excluding hydrogens is 310 g/mol. The number of carbonyl (C=O) groups is 2. The van der Waals surface area contributed by atoms with Gasteiger partial charge in [-0.15, -0.1) is 0 Å². The Morgan fingerprint density at radius 3 is 2.16 bits per heavy atom. The van der Waals surface area contributed by atoms with Gasteiger partial charge in [-0.05, 0) is 24.6 Å². The summed E-state index contributed by atoms with van der Waals surface area (Å²) < 4.78 is 0. The molecule has 25 heavy (non-hydrogen) atoms. The maximum absolute atomic E-state index is 12.7. The molecule has 0 fully saturated rings. The lowest BCUT2D eigenvalue weighted by Crippen LogP contribution is -2.17. The minimum atomic E-state index is -0.142. The normalized spacial score (nSPS) is 10.3. The average Bonchev–Trinajstić information content (AvgIpc) is 2.64. The van der Waals surface area contributed by atoms with Crippen LogP contribution in [0.3, 0.4) is 0 Å². The van der Waals surface area contributed by atoms with Crippen LogP contribution in [0.25, 0.3) is 0 Å². The molecule has 3 rings (SSSR count). The summed E-state index contributed by atoms with van der Waals surface area (Å²) in [7, 11) is 0. The van der Waals surface area contributed by atoms with Crippen LogP contribution in [0.15, 0.2) is 78.9 Å². The number of nitrogens with one attached hydrogen (secondary N) is 1. The highest BCUT2D eigenvalue weighted by molar-refractivity contribution is 6.13. The Morgan fingerprint density at radius 2 is 1.44 bits per heavy atom. The molecule has 0 radical (unpaired) electrons. The minimum Gasteiger partial charge on any atom is -0.325 e. The lowest BCUT2D eigenvalue weighted by atomic mass is 10.0. The molecule has 3 heteroatoms. The number of ketones is 1. The van der Waals surface area contributed by atoms with Crippen molar-refractivity contribution in [3.8, 4) is 0 Å². The van der Waals surface area contributed by atoms with Crippen LogP contribution in [-0.2, 0) is 11.2 Å². The Balaban J connectivity index is 1.78. The van der Waals surface area contributed by atoms with E-state index < -0.39 is 0 Å². The van der Waals surface area contributed by atoms with E-state index in [1.807, 2.05) is 55.5 Å². The van der Waals surface area contributed by atoms with Crippen molar-refractivity contribution in [2.75, 3.05) is 5.32 Å². The van der Waals surface area contributed by atoms with Crippen molar-refractivity contribution in [1.82, 2.24) is 0 Å². The molecule has 3 aromatic carbocycles. The number of amides is 1. The van der Waals surface area contributed by atoms with E-state index in [1.54, 1.807) is 30.3 Å². The molecule has 0 aliphatic heterocycles. The van der Waals surface area contributed by atoms with Gasteiger partial charge in [0.2, 0.25) is 5.91 Å². The van der Waals surface area contributed by atoms with Gasteiger partial charge in [-0.3, -0.25) is 9.59 Å². The van der Waals surface area contributed by atoms with Crippen LogP contribution < -0.4 is 5.32 Å². The zero-order valence-electron chi connectivity index (χ0n) is 14.0. The van der Waals surface area contributed by atoms with Gasteiger partial charge in [-0.2, -0.15) is 0 Å². The predicted molar refractivity (Wildman–Crippen MR) is 99.8 cm³/mol. The third-order valence-electron chi connectivity index (χ3n) is 3.97. The number of rotatable bonds is 5. The fourth-order valence-corrected chi connectivity index (χ4v) is 2.62. The highest BCUT2D eigenvalue weighted by Gasteiger charge is 2.14. The first kappa shape index (κ1) is 16.7. The van der Waals surface area contributed by atoms with Gasteiger partial charge in [0.05, 0.1) is 12.1 Å². The fourth-order valence-electron chi connectivity index (χ4n) is 2.62. The molecule has 124 valence electrons. The third kappa shape index (κ3) is 4.21. The Labute approximate surface area is 147 Å². The number of aryl methyl sites for hydroxylation is 1. The van der Waals surface area contributed by atoms with Gasteiger partial charge < -0.3 is 5.32 Å². The molecule has 0 unspecified atom stereocenters. The smallest absolute Gasteiger partial charge is 0.228 e. The van der Waals surface area contributed by atoms with E-state index in [0.29, 0.717) is 16.8 Å². The van der Waals surface area contributed by atoms with E-state index in [1.165, 1.54) is 0 Å². The second-order valence-electron chi connectivity index (χ2n) is 5.95. The standard InChI is InChI=1S/C22H19NO2/c1-16-11-13-17(14-12-16)15-21(24)23-20-10-6-5-9-19(20)22(25)18-7-3-2-4-8-18/h2-14H,15H2,1H3,(H,23,24). The van der Waals surface area contributed by atoms with Crippen molar-refractivity contribution in [3.05, 3.63) is 101 Å². The van der Waals surface area contributed by atoms with E-state index in [-0.39, 0.29) is 18.1 Å². The quantitative estimate of drug-likeness (QED) is 0.705. The van der Waals surface area contributed by atoms with Crippen molar-refractivity contribution in [3.63, 3.8) is 0 Å². The molecule has 0 heterocycles. The first-order valence-electron chi connectivity index (χ1n) is 8.17. The van der Waals surface area contributed by atoms with Crippen LogP contribution in [0, 0.1) is 6.92 Å². The summed E-state index contributed by atoms with van der Waals surface area (Å²) in [6, 6.07) is 24.0. The maximum atomic E-state index is 12.7. The van der Waals surface area contributed by atoms with Crippen LogP contribution in [0.4, 0.5) is 5.69 Å². The molecule has 0 atom stereocenters. The first-order valence-corrected chi connectivity index (χ1v) is 8.17. The Hall–Kier alpha value is -3.20. The van der Waals surface area contributed by atoms with E-state index in [4.69, 9.17) is 0 Å². The van der Waals surface area contributed by atoms with Gasteiger partial charge in [0, 0.05) is 11.1 Å². The summed E-state index contributed by atoms with van der Waals surface area (Å²) in [5, 5.41) is 2.86. The molecule has 0 aliphatic rings. The van der Waals surface area contributed by atoms with Crippen LogP contribution in [0.2, 0.25) is 0 Å². The van der Waals surface area contributed by atoms with Crippen LogP contribution >= 0.6 is 0 Å². The summed E-state index contributed by atoms with van der Waals surface area (Å²) in [6.07, 6.45) is 0.272. The minimum absolute atomic E-state index is 0.105. The topological polar surface area (TPSA) is 46.2 Å². The van der Waals surface area contributed by atoms with Gasteiger partial charge in [-0.25, -0.2) is 0 Å².